The maximum atomic E-state index is 12.3. The van der Waals surface area contributed by atoms with Gasteiger partial charge in [0, 0.05) is 12.8 Å². The molecule has 3 rings (SSSR count). The number of carboxylic acids is 1. The van der Waals surface area contributed by atoms with E-state index in [1.54, 1.807) is 24.3 Å². The molecule has 7 nitrogen and oxygen atoms in total. The van der Waals surface area contributed by atoms with Gasteiger partial charge in [0.05, 0.1) is 18.9 Å². The van der Waals surface area contributed by atoms with Crippen LogP contribution >= 0.6 is 0 Å². The van der Waals surface area contributed by atoms with Crippen LogP contribution in [0, 0.1) is 0 Å². The van der Waals surface area contributed by atoms with Gasteiger partial charge in [-0.05, 0) is 24.3 Å². The van der Waals surface area contributed by atoms with Crippen LogP contribution < -0.4 is 0 Å². The Bertz CT molecular complexity index is 688. The molecule has 22 heavy (non-hydrogen) atoms. The highest BCUT2D eigenvalue weighted by Crippen LogP contribution is 2.33. The van der Waals surface area contributed by atoms with Gasteiger partial charge in [0.2, 0.25) is 5.91 Å². The average molecular weight is 302 g/mol. The molecule has 1 N–H and O–H groups in total. The van der Waals surface area contributed by atoms with Gasteiger partial charge in [0.1, 0.15) is 23.3 Å². The average Bonchev–Trinajstić information content (AvgIpc) is 3.23. The number of nitrogens with zero attached hydrogens (tertiary/aromatic N) is 2. The van der Waals surface area contributed by atoms with Crippen molar-refractivity contribution in [2.75, 3.05) is 0 Å². The molecule has 0 bridgehead atoms. The number of hydrazone groups is 1. The molecule has 114 valence electrons. The molecule has 7 heteroatoms. The summed E-state index contributed by atoms with van der Waals surface area (Å²) < 4.78 is 10.7. The maximum Gasteiger partial charge on any atom is 0.303 e. The molecule has 3 heterocycles. The van der Waals surface area contributed by atoms with Gasteiger partial charge in [0.15, 0.2) is 0 Å². The lowest BCUT2D eigenvalue weighted by atomic mass is 10.1. The van der Waals surface area contributed by atoms with Crippen LogP contribution in [-0.4, -0.2) is 27.7 Å². The summed E-state index contributed by atoms with van der Waals surface area (Å²) in [5.41, 5.74) is 0.634. The second-order valence-corrected chi connectivity index (χ2v) is 4.89. The highest BCUT2D eigenvalue weighted by molar-refractivity contribution is 6.01. The molecule has 0 aromatic carbocycles. The molecule has 0 spiro atoms. The van der Waals surface area contributed by atoms with Crippen LogP contribution in [-0.2, 0) is 9.59 Å². The first kappa shape index (κ1) is 14.1. The number of hydrogen-bond donors (Lipinski definition) is 1. The number of amides is 1. The first-order valence-corrected chi connectivity index (χ1v) is 6.84. The minimum absolute atomic E-state index is 0.110. The molecule has 1 amide bonds. The van der Waals surface area contributed by atoms with Gasteiger partial charge in [-0.3, -0.25) is 9.59 Å². The molecule has 0 saturated carbocycles. The Morgan fingerprint density at radius 2 is 2.00 bits per heavy atom. The smallest absolute Gasteiger partial charge is 0.303 e. The second kappa shape index (κ2) is 5.88. The van der Waals surface area contributed by atoms with Crippen molar-refractivity contribution in [3.63, 3.8) is 0 Å². The maximum absolute atomic E-state index is 12.3. The van der Waals surface area contributed by atoms with E-state index in [4.69, 9.17) is 13.9 Å². The van der Waals surface area contributed by atoms with Crippen LogP contribution in [0.4, 0.5) is 0 Å². The van der Waals surface area contributed by atoms with E-state index in [0.717, 1.165) is 0 Å². The van der Waals surface area contributed by atoms with E-state index in [1.165, 1.54) is 17.5 Å². The van der Waals surface area contributed by atoms with Crippen molar-refractivity contribution in [2.45, 2.75) is 25.3 Å². The van der Waals surface area contributed by atoms with E-state index in [-0.39, 0.29) is 24.8 Å². The summed E-state index contributed by atoms with van der Waals surface area (Å²) in [6, 6.07) is 6.64. The Kier molecular flexibility index (Phi) is 3.78. The predicted octanol–water partition coefficient (Wildman–Crippen LogP) is 2.42. The van der Waals surface area contributed by atoms with E-state index >= 15 is 0 Å². The summed E-state index contributed by atoms with van der Waals surface area (Å²) in [6.07, 6.45) is 3.18. The third-order valence-electron chi connectivity index (χ3n) is 3.40. The highest BCUT2D eigenvalue weighted by atomic mass is 16.4. The molecule has 2 aromatic rings. The minimum atomic E-state index is -1.02. The van der Waals surface area contributed by atoms with Crippen molar-refractivity contribution in [3.8, 4) is 0 Å². The monoisotopic (exact) mass is 302 g/mol. The van der Waals surface area contributed by atoms with Crippen molar-refractivity contribution in [1.82, 2.24) is 5.01 Å². The second-order valence-electron chi connectivity index (χ2n) is 4.89. The highest BCUT2D eigenvalue weighted by Gasteiger charge is 2.35. The molecule has 0 fully saturated rings. The summed E-state index contributed by atoms with van der Waals surface area (Å²) in [7, 11) is 0. The minimum Gasteiger partial charge on any atom is -0.481 e. The van der Waals surface area contributed by atoms with Crippen molar-refractivity contribution in [3.05, 3.63) is 48.3 Å². The third kappa shape index (κ3) is 2.78. The van der Waals surface area contributed by atoms with Gasteiger partial charge >= 0.3 is 5.97 Å². The molecule has 2 aromatic heterocycles. The fourth-order valence-electron chi connectivity index (χ4n) is 2.36. The topological polar surface area (TPSA) is 96.2 Å². The van der Waals surface area contributed by atoms with E-state index < -0.39 is 5.97 Å². The molecule has 1 aliphatic rings. The Morgan fingerprint density at radius 3 is 2.64 bits per heavy atom. The third-order valence-corrected chi connectivity index (χ3v) is 3.40. The SMILES string of the molecule is O=C(O)CCC(=O)N1N=C(c2ccco2)C[C@H]1c1ccco1. The van der Waals surface area contributed by atoms with Crippen LogP contribution in [0.15, 0.2) is 50.7 Å². The lowest BCUT2D eigenvalue weighted by Crippen LogP contribution is -2.27. The van der Waals surface area contributed by atoms with Gasteiger partial charge in [-0.15, -0.1) is 0 Å². The van der Waals surface area contributed by atoms with E-state index in [1.807, 2.05) is 0 Å². The van der Waals surface area contributed by atoms with Crippen LogP contribution in [0.3, 0.4) is 0 Å². The molecular formula is C15H14N2O5. The predicted molar refractivity (Wildman–Crippen MR) is 75.0 cm³/mol. The number of aliphatic carboxylic acids is 1. The molecule has 0 aliphatic carbocycles. The molecule has 0 radical (unpaired) electrons. The fraction of sp³-hybridized carbons (Fsp3) is 0.267. The Morgan fingerprint density at radius 1 is 1.23 bits per heavy atom. The molecule has 0 saturated heterocycles. The normalized spacial score (nSPS) is 17.5. The van der Waals surface area contributed by atoms with Gasteiger partial charge in [-0.2, -0.15) is 5.10 Å². The van der Waals surface area contributed by atoms with Crippen molar-refractivity contribution >= 4 is 17.6 Å². The lowest BCUT2D eigenvalue weighted by Gasteiger charge is -2.19. The number of carbonyl (C=O) groups is 2. The number of rotatable bonds is 5. The summed E-state index contributed by atoms with van der Waals surface area (Å²) >= 11 is 0. The molecule has 1 aliphatic heterocycles. The van der Waals surface area contributed by atoms with Crippen molar-refractivity contribution < 1.29 is 23.5 Å². The largest absolute Gasteiger partial charge is 0.481 e. The van der Waals surface area contributed by atoms with Gasteiger partial charge in [-0.25, -0.2) is 5.01 Å². The van der Waals surface area contributed by atoms with Crippen LogP contribution in [0.25, 0.3) is 0 Å². The van der Waals surface area contributed by atoms with Gasteiger partial charge in [-0.1, -0.05) is 0 Å². The van der Waals surface area contributed by atoms with Crippen LogP contribution in [0.2, 0.25) is 0 Å². The van der Waals surface area contributed by atoms with Gasteiger partial charge in [0.25, 0.3) is 0 Å². The summed E-state index contributed by atoms with van der Waals surface area (Å²) in [4.78, 5) is 22.9. The van der Waals surface area contributed by atoms with Crippen molar-refractivity contribution in [1.29, 1.82) is 0 Å². The fourth-order valence-corrected chi connectivity index (χ4v) is 2.36. The van der Waals surface area contributed by atoms with E-state index in [2.05, 4.69) is 5.10 Å². The first-order chi connectivity index (χ1) is 10.6. The Balaban J connectivity index is 1.84. The van der Waals surface area contributed by atoms with Crippen LogP contribution in [0.1, 0.15) is 36.8 Å². The number of carboxylic acid groups (broad SMARTS) is 1. The quantitative estimate of drug-likeness (QED) is 0.914. The lowest BCUT2D eigenvalue weighted by molar-refractivity contribution is -0.141. The molecule has 0 unspecified atom stereocenters. The molecular weight excluding hydrogens is 288 g/mol. The molecule has 1 atom stereocenters. The van der Waals surface area contributed by atoms with E-state index in [0.29, 0.717) is 23.7 Å². The van der Waals surface area contributed by atoms with Crippen molar-refractivity contribution in [2.24, 2.45) is 5.10 Å². The summed E-state index contributed by atoms with van der Waals surface area (Å²) in [5.74, 6) is -0.179. The van der Waals surface area contributed by atoms with E-state index in [9.17, 15) is 9.59 Å². The van der Waals surface area contributed by atoms with Gasteiger partial charge < -0.3 is 13.9 Å². The standard InChI is InChI=1S/C15H14N2O5/c18-14(5-6-15(19)20)17-11(13-4-2-8-22-13)9-10(16-17)12-3-1-7-21-12/h1-4,7-8,11H,5-6,9H2,(H,19,20)/t11-/m0/s1. The Hall–Kier alpha value is -2.83. The zero-order valence-corrected chi connectivity index (χ0v) is 11.6. The summed E-state index contributed by atoms with van der Waals surface area (Å²) in [5, 5.41) is 14.3. The van der Waals surface area contributed by atoms with Crippen LogP contribution in [0.5, 0.6) is 0 Å². The zero-order valence-electron chi connectivity index (χ0n) is 11.6. The summed E-state index contributed by atoms with van der Waals surface area (Å²) in [6.45, 7) is 0. The Labute approximate surface area is 125 Å². The zero-order chi connectivity index (χ0) is 15.5. The number of furan rings is 2. The first-order valence-electron chi connectivity index (χ1n) is 6.84. The number of carbonyl (C=O) groups excluding carboxylic acids is 1. The number of hydrogen-bond acceptors (Lipinski definition) is 5.